The average Bonchev–Trinajstić information content (AvgIpc) is 3.61. The van der Waals surface area contributed by atoms with E-state index in [1.165, 1.54) is 17.2 Å². The molecule has 1 heterocycles. The Morgan fingerprint density at radius 1 is 1.06 bits per heavy atom. The molecule has 2 aromatic carbocycles. The number of hydrogen-bond donors (Lipinski definition) is 2. The third-order valence-corrected chi connectivity index (χ3v) is 6.44. The predicted octanol–water partition coefficient (Wildman–Crippen LogP) is 4.16. The fraction of sp³-hybridized carbons (Fsp3) is 0.321. The number of hydrogen-bond acceptors (Lipinski definition) is 5. The molecule has 3 aromatic rings. The van der Waals surface area contributed by atoms with Crippen molar-refractivity contribution in [1.29, 1.82) is 0 Å². The second-order valence-corrected chi connectivity index (χ2v) is 8.87. The second kappa shape index (κ2) is 11.6. The zero-order valence-electron chi connectivity index (χ0n) is 20.5. The molecule has 1 saturated carbocycles. The van der Waals surface area contributed by atoms with Crippen molar-refractivity contribution in [2.45, 2.75) is 44.7 Å². The number of ether oxygens (including phenoxy) is 1. The second-order valence-electron chi connectivity index (χ2n) is 8.87. The number of rotatable bonds is 9. The zero-order valence-corrected chi connectivity index (χ0v) is 20.5. The van der Waals surface area contributed by atoms with Crippen LogP contribution in [0.1, 0.15) is 53.4 Å². The van der Waals surface area contributed by atoms with Crippen LogP contribution in [-0.4, -0.2) is 37.4 Å². The van der Waals surface area contributed by atoms with Gasteiger partial charge >= 0.3 is 0 Å². The van der Waals surface area contributed by atoms with E-state index in [2.05, 4.69) is 10.6 Å². The van der Waals surface area contributed by atoms with Gasteiger partial charge in [0.15, 0.2) is 5.76 Å². The maximum atomic E-state index is 13.8. The third-order valence-electron chi connectivity index (χ3n) is 6.44. The van der Waals surface area contributed by atoms with Gasteiger partial charge in [0.1, 0.15) is 11.8 Å². The number of nitrogens with zero attached hydrogens (tertiary/aromatic N) is 1. The first kappa shape index (κ1) is 25.0. The van der Waals surface area contributed by atoms with Crippen LogP contribution in [0.2, 0.25) is 0 Å². The van der Waals surface area contributed by atoms with Crippen LogP contribution in [0.3, 0.4) is 0 Å². The Morgan fingerprint density at radius 2 is 1.83 bits per heavy atom. The molecule has 0 spiro atoms. The Bertz CT molecular complexity index is 1200. The minimum atomic E-state index is -0.938. The Balaban J connectivity index is 1.72. The van der Waals surface area contributed by atoms with E-state index in [0.717, 1.165) is 31.2 Å². The van der Waals surface area contributed by atoms with E-state index < -0.39 is 17.9 Å². The van der Waals surface area contributed by atoms with Crippen LogP contribution in [0.5, 0.6) is 5.75 Å². The minimum absolute atomic E-state index is 0.0740. The van der Waals surface area contributed by atoms with Gasteiger partial charge < -0.3 is 19.8 Å². The highest BCUT2D eigenvalue weighted by Gasteiger charge is 2.35. The molecule has 36 heavy (non-hydrogen) atoms. The highest BCUT2D eigenvalue weighted by Crippen LogP contribution is 2.32. The van der Waals surface area contributed by atoms with Crippen molar-refractivity contribution < 1.29 is 23.5 Å². The van der Waals surface area contributed by atoms with Crippen LogP contribution in [0.25, 0.3) is 0 Å². The molecule has 0 saturated heterocycles. The summed E-state index contributed by atoms with van der Waals surface area (Å²) >= 11 is 0. The number of carbonyl (C=O) groups is 3. The molecule has 2 N–H and O–H groups in total. The third kappa shape index (κ3) is 5.76. The summed E-state index contributed by atoms with van der Waals surface area (Å²) in [7, 11) is 1.54. The number of furan rings is 1. The molecule has 1 atom stereocenters. The van der Waals surface area contributed by atoms with Crippen LogP contribution in [0, 0.1) is 6.92 Å². The van der Waals surface area contributed by atoms with E-state index in [4.69, 9.17) is 9.15 Å². The zero-order chi connectivity index (χ0) is 25.5. The van der Waals surface area contributed by atoms with E-state index in [-0.39, 0.29) is 24.3 Å². The lowest BCUT2D eigenvalue weighted by molar-refractivity contribution is -0.126. The van der Waals surface area contributed by atoms with Gasteiger partial charge in [0.05, 0.1) is 19.9 Å². The lowest BCUT2D eigenvalue weighted by atomic mass is 9.97. The fourth-order valence-corrected chi connectivity index (χ4v) is 4.57. The number of carbonyl (C=O) groups excluding carboxylic acids is 3. The SMILES string of the molecule is COc1cccc(N(C(=O)CNC(=O)c2ccco2)[C@H](C(=O)NC2CCCC2)c2ccccc2C)c1. The molecule has 1 fully saturated rings. The van der Waals surface area contributed by atoms with Crippen LogP contribution >= 0.6 is 0 Å². The van der Waals surface area contributed by atoms with Crippen LogP contribution in [-0.2, 0) is 9.59 Å². The molecule has 1 aliphatic rings. The van der Waals surface area contributed by atoms with Crippen molar-refractivity contribution in [3.05, 3.63) is 83.8 Å². The van der Waals surface area contributed by atoms with Crippen molar-refractivity contribution in [1.82, 2.24) is 10.6 Å². The van der Waals surface area contributed by atoms with Crippen molar-refractivity contribution in [2.75, 3.05) is 18.6 Å². The largest absolute Gasteiger partial charge is 0.497 e. The highest BCUT2D eigenvalue weighted by molar-refractivity contribution is 6.04. The van der Waals surface area contributed by atoms with Crippen LogP contribution in [0.15, 0.2) is 71.3 Å². The van der Waals surface area contributed by atoms with Crippen LogP contribution < -0.4 is 20.3 Å². The molecule has 8 nitrogen and oxygen atoms in total. The highest BCUT2D eigenvalue weighted by atomic mass is 16.5. The molecule has 0 radical (unpaired) electrons. The van der Waals surface area contributed by atoms with E-state index in [9.17, 15) is 14.4 Å². The van der Waals surface area contributed by atoms with Crippen molar-refractivity contribution in [3.63, 3.8) is 0 Å². The van der Waals surface area contributed by atoms with Gasteiger partial charge in [-0.25, -0.2) is 0 Å². The maximum absolute atomic E-state index is 13.8. The first-order valence-corrected chi connectivity index (χ1v) is 12.1. The molecular weight excluding hydrogens is 458 g/mol. The quantitative estimate of drug-likeness (QED) is 0.470. The number of nitrogens with one attached hydrogen (secondary N) is 2. The maximum Gasteiger partial charge on any atom is 0.287 e. The minimum Gasteiger partial charge on any atom is -0.497 e. The summed E-state index contributed by atoms with van der Waals surface area (Å²) in [6.07, 6.45) is 5.35. The number of methoxy groups -OCH3 is 1. The standard InChI is InChI=1S/C28H31N3O5/c1-19-9-3-6-14-23(19)26(28(34)30-20-10-4-5-11-20)31(21-12-7-13-22(17-21)35-2)25(32)18-29-27(33)24-15-8-16-36-24/h3,6-9,12-17,20,26H,4-5,10-11,18H2,1-2H3,(H,29,33)(H,30,34)/t26-/m0/s1. The summed E-state index contributed by atoms with van der Waals surface area (Å²) in [6, 6.07) is 16.8. The Labute approximate surface area is 210 Å². The van der Waals surface area contributed by atoms with Crippen molar-refractivity contribution in [3.8, 4) is 5.75 Å². The molecule has 1 aromatic heterocycles. The molecule has 3 amide bonds. The topological polar surface area (TPSA) is 101 Å². The molecular formula is C28H31N3O5. The first-order chi connectivity index (χ1) is 17.5. The van der Waals surface area contributed by atoms with Gasteiger partial charge in [-0.3, -0.25) is 19.3 Å². The Morgan fingerprint density at radius 3 is 2.53 bits per heavy atom. The molecule has 0 aliphatic heterocycles. The monoisotopic (exact) mass is 489 g/mol. The molecule has 0 unspecified atom stereocenters. The van der Waals surface area contributed by atoms with Gasteiger partial charge in [-0.2, -0.15) is 0 Å². The predicted molar refractivity (Wildman–Crippen MR) is 136 cm³/mol. The Hall–Kier alpha value is -4.07. The molecule has 0 bridgehead atoms. The summed E-state index contributed by atoms with van der Waals surface area (Å²) in [5.74, 6) is -0.570. The molecule has 4 rings (SSSR count). The summed E-state index contributed by atoms with van der Waals surface area (Å²) in [5.41, 5.74) is 2.08. The van der Waals surface area contributed by atoms with E-state index >= 15 is 0 Å². The summed E-state index contributed by atoms with van der Waals surface area (Å²) < 4.78 is 10.5. The molecule has 188 valence electrons. The summed E-state index contributed by atoms with van der Waals surface area (Å²) in [4.78, 5) is 41.5. The Kier molecular flexibility index (Phi) is 8.05. The number of benzene rings is 2. The lowest BCUT2D eigenvalue weighted by Crippen LogP contribution is -2.49. The summed E-state index contributed by atoms with van der Waals surface area (Å²) in [5, 5.41) is 5.77. The number of amides is 3. The van der Waals surface area contributed by atoms with Crippen molar-refractivity contribution >= 4 is 23.4 Å². The van der Waals surface area contributed by atoms with Gasteiger partial charge in [0.2, 0.25) is 11.8 Å². The number of anilines is 1. The lowest BCUT2D eigenvalue weighted by Gasteiger charge is -2.33. The van der Waals surface area contributed by atoms with Gasteiger partial charge in [-0.15, -0.1) is 0 Å². The van der Waals surface area contributed by atoms with Crippen molar-refractivity contribution in [2.24, 2.45) is 0 Å². The molecule has 8 heteroatoms. The van der Waals surface area contributed by atoms with E-state index in [0.29, 0.717) is 17.0 Å². The normalized spacial score (nSPS) is 14.2. The van der Waals surface area contributed by atoms with E-state index in [1.54, 1.807) is 37.4 Å². The van der Waals surface area contributed by atoms with Gasteiger partial charge in [0.25, 0.3) is 5.91 Å². The fourth-order valence-electron chi connectivity index (χ4n) is 4.57. The molecule has 1 aliphatic carbocycles. The smallest absolute Gasteiger partial charge is 0.287 e. The van der Waals surface area contributed by atoms with E-state index in [1.807, 2.05) is 31.2 Å². The van der Waals surface area contributed by atoms with Gasteiger partial charge in [0, 0.05) is 17.8 Å². The summed E-state index contributed by atoms with van der Waals surface area (Å²) in [6.45, 7) is 1.59. The first-order valence-electron chi connectivity index (χ1n) is 12.1. The van der Waals surface area contributed by atoms with Crippen LogP contribution in [0.4, 0.5) is 5.69 Å². The van der Waals surface area contributed by atoms with Gasteiger partial charge in [-0.1, -0.05) is 43.2 Å². The number of aryl methyl sites for hydroxylation is 1. The van der Waals surface area contributed by atoms with Gasteiger partial charge in [-0.05, 0) is 55.2 Å². The average molecular weight is 490 g/mol.